The number of amides is 2. The summed E-state index contributed by atoms with van der Waals surface area (Å²) in [6.07, 6.45) is 5.12. The van der Waals surface area contributed by atoms with Gasteiger partial charge in [0.25, 0.3) is 0 Å². The van der Waals surface area contributed by atoms with Crippen LogP contribution < -0.4 is 25.0 Å². The molecule has 1 fully saturated rings. The van der Waals surface area contributed by atoms with Crippen molar-refractivity contribution in [2.24, 2.45) is 0 Å². The van der Waals surface area contributed by atoms with Crippen LogP contribution in [0.5, 0.6) is 11.5 Å². The Hall–Kier alpha value is -3.22. The first-order valence-electron chi connectivity index (χ1n) is 11.8. The Bertz CT molecular complexity index is 1070. The second kappa shape index (κ2) is 8.96. The van der Waals surface area contributed by atoms with E-state index >= 15 is 0 Å². The Balaban J connectivity index is 1.18. The SMILES string of the molecule is CN1CCCc2cc(CNC(=O)CCC3(Cc4ccc5c(c4)OCO5)CCC(=O)N3)ccc21. The van der Waals surface area contributed by atoms with Gasteiger partial charge in [-0.3, -0.25) is 9.59 Å². The molecule has 3 aliphatic heterocycles. The number of hydrogen-bond donors (Lipinski definition) is 2. The minimum atomic E-state index is -0.404. The maximum absolute atomic E-state index is 12.7. The van der Waals surface area contributed by atoms with Crippen molar-refractivity contribution in [3.63, 3.8) is 0 Å². The smallest absolute Gasteiger partial charge is 0.231 e. The van der Waals surface area contributed by atoms with E-state index in [4.69, 9.17) is 9.47 Å². The molecule has 3 heterocycles. The molecule has 1 saturated heterocycles. The van der Waals surface area contributed by atoms with Gasteiger partial charge in [0.05, 0.1) is 0 Å². The van der Waals surface area contributed by atoms with Gasteiger partial charge in [-0.05, 0) is 67.0 Å². The lowest BCUT2D eigenvalue weighted by atomic mass is 9.85. The van der Waals surface area contributed by atoms with Crippen molar-refractivity contribution in [2.75, 3.05) is 25.3 Å². The van der Waals surface area contributed by atoms with E-state index in [1.54, 1.807) is 0 Å². The summed E-state index contributed by atoms with van der Waals surface area (Å²) in [5.74, 6) is 1.55. The van der Waals surface area contributed by atoms with E-state index in [-0.39, 0.29) is 18.6 Å². The summed E-state index contributed by atoms with van der Waals surface area (Å²) in [7, 11) is 2.13. The van der Waals surface area contributed by atoms with Crippen LogP contribution in [0.25, 0.3) is 0 Å². The standard InChI is InChI=1S/C26H31N3O4/c1-29-12-2-3-20-13-19(4-6-21(20)29)16-27-24(30)8-10-26(11-9-25(31)28-26)15-18-5-7-22-23(14-18)33-17-32-22/h4-7,13-14H,2-3,8-12,15-17H2,1H3,(H,27,30)(H,28,31). The molecule has 33 heavy (non-hydrogen) atoms. The number of carbonyl (C=O) groups excluding carboxylic acids is 2. The van der Waals surface area contributed by atoms with Gasteiger partial charge in [0, 0.05) is 44.2 Å². The zero-order chi connectivity index (χ0) is 22.8. The fraction of sp³-hybridized carbons (Fsp3) is 0.462. The molecule has 1 unspecified atom stereocenters. The third kappa shape index (κ3) is 4.77. The molecule has 2 aromatic rings. The first kappa shape index (κ1) is 21.6. The molecule has 5 rings (SSSR count). The topological polar surface area (TPSA) is 79.9 Å². The van der Waals surface area contributed by atoms with E-state index < -0.39 is 5.54 Å². The highest BCUT2D eigenvalue weighted by Gasteiger charge is 2.38. The molecule has 3 aliphatic rings. The minimum absolute atomic E-state index is 0.0102. The van der Waals surface area contributed by atoms with E-state index in [1.807, 2.05) is 18.2 Å². The molecule has 174 valence electrons. The van der Waals surface area contributed by atoms with E-state index in [0.717, 1.165) is 48.4 Å². The highest BCUT2D eigenvalue weighted by molar-refractivity contribution is 5.80. The average Bonchev–Trinajstić information content (AvgIpc) is 3.43. The van der Waals surface area contributed by atoms with Crippen molar-refractivity contribution < 1.29 is 19.1 Å². The number of nitrogens with one attached hydrogen (secondary N) is 2. The molecule has 2 N–H and O–H groups in total. The van der Waals surface area contributed by atoms with Crippen LogP contribution in [0.15, 0.2) is 36.4 Å². The number of hydrogen-bond acceptors (Lipinski definition) is 5. The molecule has 2 aromatic carbocycles. The molecule has 0 aromatic heterocycles. The molecule has 0 radical (unpaired) electrons. The maximum atomic E-state index is 12.7. The number of anilines is 1. The molecule has 7 nitrogen and oxygen atoms in total. The summed E-state index contributed by atoms with van der Waals surface area (Å²) >= 11 is 0. The molecule has 7 heteroatoms. The number of ether oxygens (including phenoxy) is 2. The molecule has 0 spiro atoms. The highest BCUT2D eigenvalue weighted by atomic mass is 16.7. The Morgan fingerprint density at radius 3 is 2.82 bits per heavy atom. The maximum Gasteiger partial charge on any atom is 0.231 e. The van der Waals surface area contributed by atoms with Crippen LogP contribution in [0.3, 0.4) is 0 Å². The summed E-state index contributed by atoms with van der Waals surface area (Å²) in [6, 6.07) is 12.4. The Labute approximate surface area is 194 Å². The van der Waals surface area contributed by atoms with Crippen LogP contribution in [0, 0.1) is 0 Å². The minimum Gasteiger partial charge on any atom is -0.454 e. The molecule has 0 bridgehead atoms. The summed E-state index contributed by atoms with van der Waals surface area (Å²) in [5.41, 5.74) is 4.44. The molecule has 1 atom stereocenters. The zero-order valence-corrected chi connectivity index (χ0v) is 19.1. The molecule has 0 saturated carbocycles. The summed E-state index contributed by atoms with van der Waals surface area (Å²) < 4.78 is 10.9. The number of fused-ring (bicyclic) bond motifs is 2. The number of carbonyl (C=O) groups is 2. The normalized spacial score (nSPS) is 21.0. The molecule has 2 amide bonds. The first-order chi connectivity index (χ1) is 16.0. The van der Waals surface area contributed by atoms with Gasteiger partial charge in [-0.1, -0.05) is 18.2 Å². The zero-order valence-electron chi connectivity index (χ0n) is 19.1. The lowest BCUT2D eigenvalue weighted by molar-refractivity contribution is -0.122. The van der Waals surface area contributed by atoms with Gasteiger partial charge in [-0.2, -0.15) is 0 Å². The van der Waals surface area contributed by atoms with Gasteiger partial charge < -0.3 is 25.0 Å². The van der Waals surface area contributed by atoms with Crippen molar-refractivity contribution in [3.05, 3.63) is 53.1 Å². The van der Waals surface area contributed by atoms with E-state index in [1.165, 1.54) is 11.3 Å². The monoisotopic (exact) mass is 449 g/mol. The van der Waals surface area contributed by atoms with Crippen LogP contribution in [0.2, 0.25) is 0 Å². The van der Waals surface area contributed by atoms with Crippen molar-refractivity contribution in [2.45, 2.75) is 57.0 Å². The van der Waals surface area contributed by atoms with E-state index in [2.05, 4.69) is 40.8 Å². The van der Waals surface area contributed by atoms with Gasteiger partial charge in [0.15, 0.2) is 11.5 Å². The number of nitrogens with zero attached hydrogens (tertiary/aromatic N) is 1. The van der Waals surface area contributed by atoms with Crippen LogP contribution >= 0.6 is 0 Å². The number of aryl methyl sites for hydroxylation is 1. The summed E-state index contributed by atoms with van der Waals surface area (Å²) in [5, 5.41) is 6.22. The van der Waals surface area contributed by atoms with Gasteiger partial charge in [-0.25, -0.2) is 0 Å². The van der Waals surface area contributed by atoms with E-state index in [0.29, 0.717) is 32.2 Å². The van der Waals surface area contributed by atoms with Crippen molar-refractivity contribution in [3.8, 4) is 11.5 Å². The van der Waals surface area contributed by atoms with Crippen molar-refractivity contribution in [1.29, 1.82) is 0 Å². The highest BCUT2D eigenvalue weighted by Crippen LogP contribution is 2.36. The Morgan fingerprint density at radius 1 is 1.12 bits per heavy atom. The van der Waals surface area contributed by atoms with Crippen LogP contribution in [-0.2, 0) is 29.0 Å². The van der Waals surface area contributed by atoms with Crippen LogP contribution in [0.4, 0.5) is 5.69 Å². The molecule has 0 aliphatic carbocycles. The van der Waals surface area contributed by atoms with Gasteiger partial charge in [-0.15, -0.1) is 0 Å². The fourth-order valence-corrected chi connectivity index (χ4v) is 5.21. The van der Waals surface area contributed by atoms with Gasteiger partial charge in [0.2, 0.25) is 18.6 Å². The number of benzene rings is 2. The number of rotatable bonds is 7. The van der Waals surface area contributed by atoms with Crippen molar-refractivity contribution >= 4 is 17.5 Å². The average molecular weight is 450 g/mol. The van der Waals surface area contributed by atoms with E-state index in [9.17, 15) is 9.59 Å². The lowest BCUT2D eigenvalue weighted by Gasteiger charge is -2.29. The fourth-order valence-electron chi connectivity index (χ4n) is 5.21. The van der Waals surface area contributed by atoms with Crippen LogP contribution in [-0.4, -0.2) is 37.7 Å². The predicted octanol–water partition coefficient (Wildman–Crippen LogP) is 3.09. The molecular formula is C26H31N3O4. The van der Waals surface area contributed by atoms with Crippen LogP contribution in [0.1, 0.15) is 48.8 Å². The second-order valence-corrected chi connectivity index (χ2v) is 9.46. The van der Waals surface area contributed by atoms with Crippen molar-refractivity contribution in [1.82, 2.24) is 10.6 Å². The van der Waals surface area contributed by atoms with Gasteiger partial charge >= 0.3 is 0 Å². The van der Waals surface area contributed by atoms with Gasteiger partial charge in [0.1, 0.15) is 0 Å². The Kier molecular flexibility index (Phi) is 5.87. The third-order valence-corrected chi connectivity index (χ3v) is 7.03. The third-order valence-electron chi connectivity index (χ3n) is 7.03. The summed E-state index contributed by atoms with van der Waals surface area (Å²) in [6.45, 7) is 1.85. The quantitative estimate of drug-likeness (QED) is 0.679. The Morgan fingerprint density at radius 2 is 1.97 bits per heavy atom. The first-order valence-corrected chi connectivity index (χ1v) is 11.8. The predicted molar refractivity (Wildman–Crippen MR) is 125 cm³/mol. The second-order valence-electron chi connectivity index (χ2n) is 9.46. The lowest BCUT2D eigenvalue weighted by Crippen LogP contribution is -2.44. The molecular weight excluding hydrogens is 418 g/mol. The largest absolute Gasteiger partial charge is 0.454 e. The summed E-state index contributed by atoms with van der Waals surface area (Å²) in [4.78, 5) is 27.0.